The number of carbonyl (C=O) groups excluding carboxylic acids is 1. The summed E-state index contributed by atoms with van der Waals surface area (Å²) in [5.41, 5.74) is 2.25. The first-order chi connectivity index (χ1) is 12.9. The molecule has 0 saturated carbocycles. The minimum Gasteiger partial charge on any atom is -0.355 e. The minimum atomic E-state index is -4.40. The molecular formula is C16H13F3N6O2. The first kappa shape index (κ1) is 18.3. The molecule has 3 rings (SSSR count). The Balaban J connectivity index is 1.83. The van der Waals surface area contributed by atoms with E-state index in [2.05, 4.69) is 20.7 Å². The highest BCUT2D eigenvalue weighted by molar-refractivity contribution is 5.77. The normalized spacial score (nSPS) is 11.3. The number of benzene rings is 2. The summed E-state index contributed by atoms with van der Waals surface area (Å²) in [6, 6.07) is 11.5. The van der Waals surface area contributed by atoms with Gasteiger partial charge in [0.05, 0.1) is 5.56 Å². The summed E-state index contributed by atoms with van der Waals surface area (Å²) < 4.78 is 38.0. The van der Waals surface area contributed by atoms with Gasteiger partial charge < -0.3 is 5.32 Å². The topological polar surface area (TPSA) is 105 Å². The maximum Gasteiger partial charge on any atom is 0.416 e. The van der Waals surface area contributed by atoms with Crippen molar-refractivity contribution in [3.05, 3.63) is 54.1 Å². The molecule has 8 nitrogen and oxygen atoms in total. The van der Waals surface area contributed by atoms with E-state index in [1.807, 2.05) is 0 Å². The average Bonchev–Trinajstić information content (AvgIpc) is 3.10. The number of alkyl halides is 3. The van der Waals surface area contributed by atoms with E-state index in [0.717, 1.165) is 16.9 Å². The molecule has 0 unspecified atom stereocenters. The number of aromatic nitrogens is 4. The summed E-state index contributed by atoms with van der Waals surface area (Å²) >= 11 is 0. The van der Waals surface area contributed by atoms with Gasteiger partial charge in [0.1, 0.15) is 6.54 Å². The number of amides is 1. The van der Waals surface area contributed by atoms with Crippen molar-refractivity contribution in [2.45, 2.75) is 12.7 Å². The maximum absolute atomic E-state index is 12.7. The second-order valence-electron chi connectivity index (χ2n) is 5.42. The highest BCUT2D eigenvalue weighted by Crippen LogP contribution is 2.32. The molecule has 3 N–H and O–H groups in total. The molecule has 140 valence electrons. The first-order valence-electron chi connectivity index (χ1n) is 7.61. The second kappa shape index (κ2) is 7.41. The van der Waals surface area contributed by atoms with E-state index in [1.54, 1.807) is 24.3 Å². The summed E-state index contributed by atoms with van der Waals surface area (Å²) in [5.74, 6) is -0.508. The Bertz CT molecular complexity index is 940. The van der Waals surface area contributed by atoms with E-state index in [4.69, 9.17) is 5.21 Å². The summed E-state index contributed by atoms with van der Waals surface area (Å²) in [7, 11) is 0. The average molecular weight is 378 g/mol. The van der Waals surface area contributed by atoms with Gasteiger partial charge in [-0.1, -0.05) is 12.1 Å². The van der Waals surface area contributed by atoms with E-state index in [1.165, 1.54) is 17.6 Å². The van der Waals surface area contributed by atoms with Gasteiger partial charge in [-0.25, -0.2) is 5.48 Å². The Morgan fingerprint density at radius 2 is 1.81 bits per heavy atom. The van der Waals surface area contributed by atoms with Crippen molar-refractivity contribution >= 4 is 17.3 Å². The summed E-state index contributed by atoms with van der Waals surface area (Å²) in [4.78, 5) is 12.1. The van der Waals surface area contributed by atoms with Crippen LogP contribution < -0.4 is 10.8 Å². The highest BCUT2D eigenvalue weighted by Gasteiger charge is 2.29. The standard InChI is InChI=1S/C16H13F3N6O2/c17-16(18,19)10-5-7-11(8-6-10)20-13-4-2-1-3-12(13)15-21-24-25(22-15)9-14(26)23-27/h1-8,20,27H,9H2,(H,23,26). The van der Waals surface area contributed by atoms with Crippen molar-refractivity contribution in [3.63, 3.8) is 0 Å². The van der Waals surface area contributed by atoms with Gasteiger partial charge in [0.2, 0.25) is 5.82 Å². The molecule has 1 amide bonds. The van der Waals surface area contributed by atoms with Crippen LogP contribution in [0.4, 0.5) is 24.5 Å². The lowest BCUT2D eigenvalue weighted by atomic mass is 10.1. The van der Waals surface area contributed by atoms with Gasteiger partial charge in [-0.3, -0.25) is 10.0 Å². The maximum atomic E-state index is 12.7. The molecule has 0 aliphatic heterocycles. The van der Waals surface area contributed by atoms with E-state index in [9.17, 15) is 18.0 Å². The van der Waals surface area contributed by atoms with Crippen LogP contribution in [-0.4, -0.2) is 31.3 Å². The fourth-order valence-electron chi connectivity index (χ4n) is 2.27. The Labute approximate surface area is 150 Å². The molecule has 0 spiro atoms. The van der Waals surface area contributed by atoms with Gasteiger partial charge in [0.25, 0.3) is 5.91 Å². The molecule has 2 aromatic carbocycles. The third-order valence-electron chi connectivity index (χ3n) is 3.52. The molecule has 0 aliphatic carbocycles. The van der Waals surface area contributed by atoms with Gasteiger partial charge in [-0.2, -0.15) is 18.0 Å². The van der Waals surface area contributed by atoms with Gasteiger partial charge in [-0.15, -0.1) is 10.2 Å². The van der Waals surface area contributed by atoms with E-state index in [0.29, 0.717) is 16.9 Å². The zero-order valence-corrected chi connectivity index (χ0v) is 13.6. The van der Waals surface area contributed by atoms with Crippen LogP contribution in [0.3, 0.4) is 0 Å². The van der Waals surface area contributed by atoms with Crippen molar-refractivity contribution in [1.82, 2.24) is 25.7 Å². The molecular weight excluding hydrogens is 365 g/mol. The van der Waals surface area contributed by atoms with Crippen LogP contribution in [0, 0.1) is 0 Å². The zero-order valence-electron chi connectivity index (χ0n) is 13.6. The quantitative estimate of drug-likeness (QED) is 0.466. The van der Waals surface area contributed by atoms with Gasteiger partial charge in [-0.05, 0) is 41.6 Å². The molecule has 11 heteroatoms. The van der Waals surface area contributed by atoms with E-state index < -0.39 is 17.6 Å². The van der Waals surface area contributed by atoms with Gasteiger partial charge in [0, 0.05) is 16.9 Å². The third kappa shape index (κ3) is 4.39. The SMILES string of the molecule is O=C(Cn1nnc(-c2ccccc2Nc2ccc(C(F)(F)F)cc2)n1)NO. The number of hydroxylamine groups is 1. The molecule has 0 atom stereocenters. The molecule has 0 fully saturated rings. The first-order valence-corrected chi connectivity index (χ1v) is 7.61. The number of para-hydroxylation sites is 1. The zero-order chi connectivity index (χ0) is 19.4. The number of rotatable bonds is 5. The molecule has 0 saturated heterocycles. The monoisotopic (exact) mass is 378 g/mol. The lowest BCUT2D eigenvalue weighted by Crippen LogP contribution is -2.25. The van der Waals surface area contributed by atoms with E-state index in [-0.39, 0.29) is 12.4 Å². The van der Waals surface area contributed by atoms with Crippen LogP contribution in [0.25, 0.3) is 11.4 Å². The van der Waals surface area contributed by atoms with Crippen LogP contribution >= 0.6 is 0 Å². The molecule has 0 bridgehead atoms. The summed E-state index contributed by atoms with van der Waals surface area (Å²) in [6.45, 7) is -0.321. The van der Waals surface area contributed by atoms with Crippen molar-refractivity contribution in [3.8, 4) is 11.4 Å². The second-order valence-corrected chi connectivity index (χ2v) is 5.42. The molecule has 27 heavy (non-hydrogen) atoms. The molecule has 1 heterocycles. The van der Waals surface area contributed by atoms with E-state index >= 15 is 0 Å². The third-order valence-corrected chi connectivity index (χ3v) is 3.52. The molecule has 0 radical (unpaired) electrons. The Kier molecular flexibility index (Phi) is 5.03. The number of hydrogen-bond acceptors (Lipinski definition) is 6. The van der Waals surface area contributed by atoms with Crippen molar-refractivity contribution in [2.24, 2.45) is 0 Å². The minimum absolute atomic E-state index is 0.204. The fourth-order valence-corrected chi connectivity index (χ4v) is 2.27. The Morgan fingerprint density at radius 3 is 2.48 bits per heavy atom. The number of anilines is 2. The molecule has 3 aromatic rings. The molecule has 0 aliphatic rings. The lowest BCUT2D eigenvalue weighted by molar-refractivity contribution is -0.137. The predicted octanol–water partition coefficient (Wildman–Crippen LogP) is 2.61. The van der Waals surface area contributed by atoms with Gasteiger partial charge in [0.15, 0.2) is 0 Å². The number of tetrazole rings is 1. The summed E-state index contributed by atoms with van der Waals surface area (Å²) in [5, 5.41) is 23.2. The van der Waals surface area contributed by atoms with Crippen LogP contribution in [0.5, 0.6) is 0 Å². The van der Waals surface area contributed by atoms with Crippen LogP contribution in [0.1, 0.15) is 5.56 Å². The van der Waals surface area contributed by atoms with Crippen molar-refractivity contribution in [1.29, 1.82) is 0 Å². The lowest BCUT2D eigenvalue weighted by Gasteiger charge is -2.11. The fraction of sp³-hybridized carbons (Fsp3) is 0.125. The van der Waals surface area contributed by atoms with Crippen LogP contribution in [0.15, 0.2) is 48.5 Å². The predicted molar refractivity (Wildman–Crippen MR) is 87.9 cm³/mol. The largest absolute Gasteiger partial charge is 0.416 e. The molecule has 1 aromatic heterocycles. The number of halogens is 3. The Morgan fingerprint density at radius 1 is 1.11 bits per heavy atom. The van der Waals surface area contributed by atoms with Crippen molar-refractivity contribution < 1.29 is 23.2 Å². The Hall–Kier alpha value is -3.47. The highest BCUT2D eigenvalue weighted by atomic mass is 19.4. The van der Waals surface area contributed by atoms with Gasteiger partial charge >= 0.3 is 6.18 Å². The number of hydrogen-bond donors (Lipinski definition) is 3. The van der Waals surface area contributed by atoms with Crippen LogP contribution in [-0.2, 0) is 17.5 Å². The smallest absolute Gasteiger partial charge is 0.355 e. The number of nitrogens with one attached hydrogen (secondary N) is 2. The number of nitrogens with zero attached hydrogens (tertiary/aromatic N) is 4. The summed E-state index contributed by atoms with van der Waals surface area (Å²) in [6.07, 6.45) is -4.40. The van der Waals surface area contributed by atoms with Crippen molar-refractivity contribution in [2.75, 3.05) is 5.32 Å². The van der Waals surface area contributed by atoms with Crippen LogP contribution in [0.2, 0.25) is 0 Å². The number of carbonyl (C=O) groups is 1.